The second-order valence-corrected chi connectivity index (χ2v) is 11.4. The summed E-state index contributed by atoms with van der Waals surface area (Å²) in [6.45, 7) is 9.23. The minimum absolute atomic E-state index is 0.185. The van der Waals surface area contributed by atoms with Gasteiger partial charge in [0.15, 0.2) is 0 Å². The van der Waals surface area contributed by atoms with Gasteiger partial charge in [-0.1, -0.05) is 51.5 Å². The molecule has 1 unspecified atom stereocenters. The zero-order chi connectivity index (χ0) is 28.7. The molecule has 0 spiro atoms. The monoisotopic (exact) mass is 543 g/mol. The lowest BCUT2D eigenvalue weighted by Gasteiger charge is -2.35. The van der Waals surface area contributed by atoms with Gasteiger partial charge in [0.05, 0.1) is 18.1 Å². The van der Waals surface area contributed by atoms with Crippen LogP contribution in [0.15, 0.2) is 24.3 Å². The molecule has 1 saturated heterocycles. The molecule has 0 aliphatic carbocycles. The van der Waals surface area contributed by atoms with Crippen LogP contribution in [-0.4, -0.2) is 64.5 Å². The fourth-order valence-electron chi connectivity index (χ4n) is 5.08. The number of rotatable bonds is 1. The van der Waals surface area contributed by atoms with E-state index < -0.39 is 42.0 Å². The van der Waals surface area contributed by atoms with Crippen LogP contribution in [0.25, 0.3) is 0 Å². The average Bonchev–Trinajstić information content (AvgIpc) is 2.92. The molecule has 2 aliphatic rings. The molecule has 4 bridgehead atoms. The Balaban J connectivity index is 1.82. The van der Waals surface area contributed by atoms with Gasteiger partial charge in [0, 0.05) is 6.54 Å². The third kappa shape index (κ3) is 8.25. The van der Waals surface area contributed by atoms with Crippen molar-refractivity contribution in [2.24, 2.45) is 11.8 Å². The van der Waals surface area contributed by atoms with Crippen LogP contribution in [0.2, 0.25) is 0 Å². The smallest absolute Gasteiger partial charge is 0.258 e. The summed E-state index contributed by atoms with van der Waals surface area (Å²) in [5.74, 6) is -2.32. The van der Waals surface area contributed by atoms with Crippen LogP contribution >= 0.6 is 0 Å². The molecule has 5 N–H and O–H groups in total. The zero-order valence-electron chi connectivity index (χ0n) is 23.8. The maximum atomic E-state index is 13.2. The van der Waals surface area contributed by atoms with Crippen molar-refractivity contribution in [2.75, 3.05) is 6.54 Å². The van der Waals surface area contributed by atoms with Gasteiger partial charge < -0.3 is 21.1 Å². The Morgan fingerprint density at radius 1 is 0.872 bits per heavy atom. The van der Waals surface area contributed by atoms with Crippen LogP contribution in [0.4, 0.5) is 0 Å². The van der Waals surface area contributed by atoms with Gasteiger partial charge in [-0.15, -0.1) is 0 Å². The average molecular weight is 544 g/mol. The Morgan fingerprint density at radius 3 is 2.31 bits per heavy atom. The lowest BCUT2D eigenvalue weighted by atomic mass is 9.95. The largest absolute Gasteiger partial charge is 0.392 e. The zero-order valence-corrected chi connectivity index (χ0v) is 23.8. The summed E-state index contributed by atoms with van der Waals surface area (Å²) in [6, 6.07) is 5.59. The van der Waals surface area contributed by atoms with Crippen LogP contribution in [-0.2, 0) is 25.6 Å². The van der Waals surface area contributed by atoms with E-state index in [1.807, 2.05) is 39.0 Å². The van der Waals surface area contributed by atoms with Gasteiger partial charge in [-0.3, -0.25) is 24.2 Å². The molecule has 0 aromatic heterocycles. The number of hydrogen-bond acceptors (Lipinski definition) is 6. The minimum atomic E-state index is -0.868. The van der Waals surface area contributed by atoms with Crippen molar-refractivity contribution in [1.29, 1.82) is 0 Å². The maximum Gasteiger partial charge on any atom is 0.258 e. The van der Waals surface area contributed by atoms with Crippen molar-refractivity contribution in [3.63, 3.8) is 0 Å². The number of aliphatic hydroxyl groups is 1. The summed E-state index contributed by atoms with van der Waals surface area (Å²) in [7, 11) is 0. The lowest BCUT2D eigenvalue weighted by Crippen LogP contribution is -2.62. The number of nitrogens with one attached hydrogen (secondary N) is 4. The highest BCUT2D eigenvalue weighted by Gasteiger charge is 2.34. The SMILES string of the molecule is CC(C)[C@@H]1NC(=O)[C@H](C)C(O)CCCCc2cccc(c2)[C@@H](C)NC(=O)[C@@H]2CCCN(N2)C(=O)[C@@H](C)NC1=O. The molecular weight excluding hydrogens is 498 g/mol. The van der Waals surface area contributed by atoms with Crippen LogP contribution in [0.1, 0.15) is 83.9 Å². The fraction of sp³-hybridized carbons (Fsp3) is 0.655. The second-order valence-electron chi connectivity index (χ2n) is 11.4. The fourth-order valence-corrected chi connectivity index (χ4v) is 5.08. The number of carbonyl (C=O) groups excluding carboxylic acids is 4. The number of aryl methyl sites for hydroxylation is 1. The van der Waals surface area contributed by atoms with E-state index >= 15 is 0 Å². The van der Waals surface area contributed by atoms with E-state index in [9.17, 15) is 24.3 Å². The summed E-state index contributed by atoms with van der Waals surface area (Å²) < 4.78 is 0. The highest BCUT2D eigenvalue weighted by atomic mass is 16.3. The van der Waals surface area contributed by atoms with Crippen molar-refractivity contribution < 1.29 is 24.3 Å². The van der Waals surface area contributed by atoms with E-state index in [2.05, 4.69) is 27.4 Å². The lowest BCUT2D eigenvalue weighted by molar-refractivity contribution is -0.143. The van der Waals surface area contributed by atoms with Gasteiger partial charge in [-0.05, 0) is 63.0 Å². The van der Waals surface area contributed by atoms with Crippen molar-refractivity contribution in [1.82, 2.24) is 26.4 Å². The van der Waals surface area contributed by atoms with Gasteiger partial charge >= 0.3 is 0 Å². The summed E-state index contributed by atoms with van der Waals surface area (Å²) >= 11 is 0. The molecule has 0 saturated carbocycles. The van der Waals surface area contributed by atoms with Gasteiger partial charge in [0.2, 0.25) is 17.7 Å². The summed E-state index contributed by atoms with van der Waals surface area (Å²) in [4.78, 5) is 52.3. The van der Waals surface area contributed by atoms with Crippen molar-refractivity contribution >= 4 is 23.6 Å². The summed E-state index contributed by atoms with van der Waals surface area (Å²) in [5.41, 5.74) is 5.17. The minimum Gasteiger partial charge on any atom is -0.392 e. The standard InChI is InChI=1S/C29H45N5O5/c1-17(2)25-28(38)31-20(5)29(39)34-15-9-13-23(33-34)27(37)30-19(4)22-12-8-11-21(16-22)10-6-7-14-24(35)18(3)26(36)32-25/h8,11-12,16-20,23-25,33,35H,6-7,9-10,13-15H2,1-5H3,(H,30,37)(H,31,38)(H,32,36)/t18-,19-,20-,23+,24?,25+/m1/s1. The number of amides is 4. The van der Waals surface area contributed by atoms with E-state index in [1.54, 1.807) is 13.8 Å². The second kappa shape index (κ2) is 13.9. The number of benzene rings is 1. The van der Waals surface area contributed by atoms with Gasteiger partial charge in [0.1, 0.15) is 18.1 Å². The molecule has 1 aromatic carbocycles. The predicted molar refractivity (Wildman–Crippen MR) is 148 cm³/mol. The number of nitrogens with zero attached hydrogens (tertiary/aromatic N) is 1. The van der Waals surface area contributed by atoms with Gasteiger partial charge in [-0.2, -0.15) is 0 Å². The maximum absolute atomic E-state index is 13.2. The summed E-state index contributed by atoms with van der Waals surface area (Å²) in [6.07, 6.45) is 3.28. The van der Waals surface area contributed by atoms with E-state index in [0.717, 1.165) is 30.4 Å². The number of hydrazine groups is 1. The highest BCUT2D eigenvalue weighted by Crippen LogP contribution is 2.19. The Hall–Kier alpha value is -2.98. The molecule has 10 nitrogen and oxygen atoms in total. The molecule has 39 heavy (non-hydrogen) atoms. The topological polar surface area (TPSA) is 140 Å². The Morgan fingerprint density at radius 2 is 1.59 bits per heavy atom. The molecule has 6 atom stereocenters. The van der Waals surface area contributed by atoms with Crippen molar-refractivity contribution in [3.8, 4) is 0 Å². The van der Waals surface area contributed by atoms with E-state index in [1.165, 1.54) is 5.01 Å². The molecule has 4 amide bonds. The first-order valence-corrected chi connectivity index (χ1v) is 14.2. The van der Waals surface area contributed by atoms with E-state index in [-0.39, 0.29) is 23.8 Å². The number of carbonyl (C=O) groups is 4. The van der Waals surface area contributed by atoms with Crippen molar-refractivity contribution in [2.45, 2.75) is 103 Å². The molecule has 10 heteroatoms. The Labute approximate surface area is 231 Å². The number of hydrogen-bond donors (Lipinski definition) is 5. The predicted octanol–water partition coefficient (Wildman–Crippen LogP) is 1.73. The third-order valence-electron chi connectivity index (χ3n) is 7.76. The summed E-state index contributed by atoms with van der Waals surface area (Å²) in [5, 5.41) is 20.6. The molecule has 0 radical (unpaired) electrons. The van der Waals surface area contributed by atoms with Crippen molar-refractivity contribution in [3.05, 3.63) is 35.4 Å². The molecule has 216 valence electrons. The molecular formula is C29H45N5O5. The van der Waals surface area contributed by atoms with Crippen LogP contribution in [0.3, 0.4) is 0 Å². The van der Waals surface area contributed by atoms with Crippen LogP contribution in [0.5, 0.6) is 0 Å². The van der Waals surface area contributed by atoms with E-state index in [4.69, 9.17) is 0 Å². The van der Waals surface area contributed by atoms with Gasteiger partial charge in [0.25, 0.3) is 5.91 Å². The Bertz CT molecular complexity index is 1030. The van der Waals surface area contributed by atoms with Gasteiger partial charge in [-0.25, -0.2) is 5.43 Å². The first-order chi connectivity index (χ1) is 18.5. The number of aliphatic hydroxyl groups excluding tert-OH is 1. The normalized spacial score (nSPS) is 30.5. The first kappa shape index (κ1) is 30.6. The highest BCUT2D eigenvalue weighted by molar-refractivity contribution is 5.92. The molecule has 1 fully saturated rings. The van der Waals surface area contributed by atoms with E-state index in [0.29, 0.717) is 25.8 Å². The third-order valence-corrected chi connectivity index (χ3v) is 7.76. The Kier molecular flexibility index (Phi) is 10.9. The van der Waals surface area contributed by atoms with Crippen LogP contribution in [0, 0.1) is 11.8 Å². The van der Waals surface area contributed by atoms with Crippen LogP contribution < -0.4 is 21.4 Å². The number of fused-ring (bicyclic) bond motifs is 4. The molecule has 3 rings (SSSR count). The molecule has 1 aromatic rings. The first-order valence-electron chi connectivity index (χ1n) is 14.2. The molecule has 2 aliphatic heterocycles. The molecule has 2 heterocycles. The quantitative estimate of drug-likeness (QED) is 0.366.